The molecule has 0 fully saturated rings. The first-order valence-corrected chi connectivity index (χ1v) is 8.06. The lowest BCUT2D eigenvalue weighted by molar-refractivity contribution is -0.122. The number of hydrogen-bond donors (Lipinski definition) is 1. The van der Waals surface area contributed by atoms with Gasteiger partial charge in [0.1, 0.15) is 5.82 Å². The molecule has 0 aliphatic heterocycles. The van der Waals surface area contributed by atoms with Crippen LogP contribution in [0.2, 0.25) is 0 Å². The maximum atomic E-state index is 12.9. The number of halogens is 1. The summed E-state index contributed by atoms with van der Waals surface area (Å²) in [6.45, 7) is 6.70. The Balaban J connectivity index is 1.92. The van der Waals surface area contributed by atoms with E-state index in [9.17, 15) is 9.18 Å². The summed E-state index contributed by atoms with van der Waals surface area (Å²) in [6.07, 6.45) is 1.05. The van der Waals surface area contributed by atoms with E-state index in [-0.39, 0.29) is 17.6 Å². The molecular formula is C20H24FNO. The van der Waals surface area contributed by atoms with Crippen LogP contribution in [0.5, 0.6) is 0 Å². The zero-order chi connectivity index (χ0) is 16.8. The summed E-state index contributed by atoms with van der Waals surface area (Å²) in [4.78, 5) is 12.3. The van der Waals surface area contributed by atoms with Gasteiger partial charge in [-0.1, -0.05) is 50.2 Å². The van der Waals surface area contributed by atoms with Crippen LogP contribution in [0.1, 0.15) is 43.4 Å². The van der Waals surface area contributed by atoms with Crippen LogP contribution in [0, 0.1) is 11.7 Å². The monoisotopic (exact) mass is 313 g/mol. The number of amides is 1. The van der Waals surface area contributed by atoms with Crippen LogP contribution in [-0.2, 0) is 17.8 Å². The maximum Gasteiger partial charge on any atom is 0.227 e. The minimum absolute atomic E-state index is 0.0223. The zero-order valence-corrected chi connectivity index (χ0v) is 14.0. The van der Waals surface area contributed by atoms with Crippen molar-refractivity contribution in [3.63, 3.8) is 0 Å². The molecule has 0 spiro atoms. The van der Waals surface area contributed by atoms with E-state index in [4.69, 9.17) is 0 Å². The highest BCUT2D eigenvalue weighted by Crippen LogP contribution is 2.18. The van der Waals surface area contributed by atoms with Gasteiger partial charge in [0, 0.05) is 6.54 Å². The summed E-state index contributed by atoms with van der Waals surface area (Å²) in [7, 11) is 0. The van der Waals surface area contributed by atoms with E-state index in [0.29, 0.717) is 12.5 Å². The van der Waals surface area contributed by atoms with Crippen molar-refractivity contribution in [3.05, 3.63) is 71.0 Å². The van der Waals surface area contributed by atoms with Gasteiger partial charge in [-0.05, 0) is 48.1 Å². The summed E-state index contributed by atoms with van der Waals surface area (Å²) in [5, 5.41) is 2.90. The minimum atomic E-state index is -0.269. The standard InChI is InChI=1S/C20H24FNO/c1-14(2)12-16-4-8-18(9-5-16)15(3)20(23)22-13-17-6-10-19(21)11-7-17/h4-11,14-15H,12-13H2,1-3H3,(H,22,23). The fourth-order valence-corrected chi connectivity index (χ4v) is 2.51. The van der Waals surface area contributed by atoms with E-state index < -0.39 is 0 Å². The van der Waals surface area contributed by atoms with E-state index in [1.54, 1.807) is 12.1 Å². The summed E-state index contributed by atoms with van der Waals surface area (Å²) >= 11 is 0. The summed E-state index contributed by atoms with van der Waals surface area (Å²) in [5.41, 5.74) is 3.19. The number of carbonyl (C=O) groups is 1. The molecule has 3 heteroatoms. The topological polar surface area (TPSA) is 29.1 Å². The number of carbonyl (C=O) groups excluding carboxylic acids is 1. The largest absolute Gasteiger partial charge is 0.352 e. The summed E-state index contributed by atoms with van der Waals surface area (Å²) in [5.74, 6) is 0.127. The molecule has 0 saturated carbocycles. The van der Waals surface area contributed by atoms with E-state index in [1.807, 2.05) is 19.1 Å². The highest BCUT2D eigenvalue weighted by atomic mass is 19.1. The summed E-state index contributed by atoms with van der Waals surface area (Å²) < 4.78 is 12.9. The molecule has 2 nitrogen and oxygen atoms in total. The normalized spacial score (nSPS) is 12.2. The molecule has 1 unspecified atom stereocenters. The van der Waals surface area contributed by atoms with Crippen molar-refractivity contribution in [2.24, 2.45) is 5.92 Å². The molecule has 122 valence electrons. The number of hydrogen-bond acceptors (Lipinski definition) is 1. The first-order valence-electron chi connectivity index (χ1n) is 8.06. The second-order valence-corrected chi connectivity index (χ2v) is 6.41. The highest BCUT2D eigenvalue weighted by molar-refractivity contribution is 5.83. The lowest BCUT2D eigenvalue weighted by atomic mass is 9.96. The third-order valence-corrected chi connectivity index (χ3v) is 3.90. The molecule has 0 aliphatic rings. The quantitative estimate of drug-likeness (QED) is 0.839. The van der Waals surface area contributed by atoms with Crippen LogP contribution in [0.15, 0.2) is 48.5 Å². The van der Waals surface area contributed by atoms with E-state index in [0.717, 1.165) is 17.5 Å². The molecule has 0 heterocycles. The van der Waals surface area contributed by atoms with Crippen molar-refractivity contribution in [1.82, 2.24) is 5.32 Å². The Morgan fingerprint density at radius 3 is 2.09 bits per heavy atom. The third-order valence-electron chi connectivity index (χ3n) is 3.90. The van der Waals surface area contributed by atoms with Crippen molar-refractivity contribution < 1.29 is 9.18 Å². The van der Waals surface area contributed by atoms with Crippen molar-refractivity contribution in [2.45, 2.75) is 39.7 Å². The van der Waals surface area contributed by atoms with Crippen LogP contribution in [0.25, 0.3) is 0 Å². The smallest absolute Gasteiger partial charge is 0.227 e. The predicted molar refractivity (Wildman–Crippen MR) is 91.6 cm³/mol. The van der Waals surface area contributed by atoms with Gasteiger partial charge < -0.3 is 5.32 Å². The lowest BCUT2D eigenvalue weighted by Crippen LogP contribution is -2.27. The van der Waals surface area contributed by atoms with Crippen LogP contribution in [-0.4, -0.2) is 5.91 Å². The number of benzene rings is 2. The molecule has 23 heavy (non-hydrogen) atoms. The molecular weight excluding hydrogens is 289 g/mol. The van der Waals surface area contributed by atoms with Crippen molar-refractivity contribution >= 4 is 5.91 Å². The molecule has 2 rings (SSSR count). The van der Waals surface area contributed by atoms with Gasteiger partial charge in [-0.2, -0.15) is 0 Å². The Bertz CT molecular complexity index is 632. The Morgan fingerprint density at radius 2 is 1.52 bits per heavy atom. The van der Waals surface area contributed by atoms with Gasteiger partial charge in [0.25, 0.3) is 0 Å². The van der Waals surface area contributed by atoms with Gasteiger partial charge in [0.15, 0.2) is 0 Å². The average Bonchev–Trinajstić information content (AvgIpc) is 2.53. The van der Waals surface area contributed by atoms with Crippen molar-refractivity contribution in [1.29, 1.82) is 0 Å². The van der Waals surface area contributed by atoms with Gasteiger partial charge in [-0.3, -0.25) is 4.79 Å². The fraction of sp³-hybridized carbons (Fsp3) is 0.350. The Morgan fingerprint density at radius 1 is 0.957 bits per heavy atom. The molecule has 0 saturated heterocycles. The van der Waals surface area contributed by atoms with Crippen LogP contribution in [0.4, 0.5) is 4.39 Å². The third kappa shape index (κ3) is 5.20. The average molecular weight is 313 g/mol. The molecule has 0 radical (unpaired) electrons. The SMILES string of the molecule is CC(C)Cc1ccc(C(C)C(=O)NCc2ccc(F)cc2)cc1. The molecule has 1 atom stereocenters. The first kappa shape index (κ1) is 17.2. The van der Waals surface area contributed by atoms with E-state index in [2.05, 4.69) is 31.3 Å². The van der Waals surface area contributed by atoms with E-state index in [1.165, 1.54) is 17.7 Å². The van der Waals surface area contributed by atoms with Crippen LogP contribution in [0.3, 0.4) is 0 Å². The Kier molecular flexibility index (Phi) is 5.91. The zero-order valence-electron chi connectivity index (χ0n) is 14.0. The lowest BCUT2D eigenvalue weighted by Gasteiger charge is -2.14. The maximum absolute atomic E-state index is 12.9. The molecule has 2 aromatic rings. The highest BCUT2D eigenvalue weighted by Gasteiger charge is 2.14. The van der Waals surface area contributed by atoms with Crippen molar-refractivity contribution in [2.75, 3.05) is 0 Å². The Labute approximate surface area is 137 Å². The second kappa shape index (κ2) is 7.91. The summed E-state index contributed by atoms with van der Waals surface area (Å²) in [6, 6.07) is 14.4. The predicted octanol–water partition coefficient (Wildman–Crippen LogP) is 4.44. The fourth-order valence-electron chi connectivity index (χ4n) is 2.51. The van der Waals surface area contributed by atoms with Crippen molar-refractivity contribution in [3.8, 4) is 0 Å². The molecule has 0 aromatic heterocycles. The minimum Gasteiger partial charge on any atom is -0.352 e. The van der Waals surface area contributed by atoms with Crippen LogP contribution < -0.4 is 5.32 Å². The first-order chi connectivity index (χ1) is 11.0. The molecule has 2 aromatic carbocycles. The molecule has 1 N–H and O–H groups in total. The van der Waals surface area contributed by atoms with Gasteiger partial charge in [0.2, 0.25) is 5.91 Å². The Hall–Kier alpha value is -2.16. The van der Waals surface area contributed by atoms with Crippen LogP contribution >= 0.6 is 0 Å². The van der Waals surface area contributed by atoms with Gasteiger partial charge in [0.05, 0.1) is 5.92 Å². The number of nitrogens with one attached hydrogen (secondary N) is 1. The van der Waals surface area contributed by atoms with Gasteiger partial charge in [-0.25, -0.2) is 4.39 Å². The molecule has 1 amide bonds. The van der Waals surface area contributed by atoms with Gasteiger partial charge >= 0.3 is 0 Å². The molecule has 0 aliphatic carbocycles. The second-order valence-electron chi connectivity index (χ2n) is 6.41. The molecule has 0 bridgehead atoms. The van der Waals surface area contributed by atoms with Gasteiger partial charge in [-0.15, -0.1) is 0 Å². The van der Waals surface area contributed by atoms with E-state index >= 15 is 0 Å². The number of rotatable bonds is 6.